The molecule has 5 nitrogen and oxygen atoms in total. The van der Waals surface area contributed by atoms with Gasteiger partial charge in [-0.15, -0.1) is 0 Å². The third-order valence-electron chi connectivity index (χ3n) is 2.39. The van der Waals surface area contributed by atoms with Crippen LogP contribution < -0.4 is 4.72 Å². The van der Waals surface area contributed by atoms with E-state index in [0.29, 0.717) is 0 Å². The molecule has 0 aliphatic carbocycles. The van der Waals surface area contributed by atoms with Crippen molar-refractivity contribution in [1.82, 2.24) is 14.7 Å². The summed E-state index contributed by atoms with van der Waals surface area (Å²) in [6.45, 7) is 7.78. The van der Waals surface area contributed by atoms with E-state index in [9.17, 15) is 8.42 Å². The van der Waals surface area contributed by atoms with Crippen LogP contribution in [0.4, 0.5) is 0 Å². The molecule has 15 heavy (non-hydrogen) atoms. The van der Waals surface area contributed by atoms with Crippen molar-refractivity contribution in [1.29, 1.82) is 0 Å². The lowest BCUT2D eigenvalue weighted by atomic mass is 9.89. The summed E-state index contributed by atoms with van der Waals surface area (Å²) in [5, 5.41) is 0.0959. The van der Waals surface area contributed by atoms with Crippen LogP contribution in [0.5, 0.6) is 0 Å². The predicted molar refractivity (Wildman–Crippen MR) is 57.8 cm³/mol. The van der Waals surface area contributed by atoms with Crippen LogP contribution in [0.1, 0.15) is 27.7 Å². The summed E-state index contributed by atoms with van der Waals surface area (Å²) in [4.78, 5) is 6.26. The predicted octanol–water partition coefficient (Wildman–Crippen LogP) is 1.12. The molecule has 0 fully saturated rings. The summed E-state index contributed by atoms with van der Waals surface area (Å²) in [5.41, 5.74) is -0.118. The molecule has 0 aliphatic rings. The van der Waals surface area contributed by atoms with Crippen LogP contribution in [0.3, 0.4) is 0 Å². The third kappa shape index (κ3) is 3.04. The number of rotatable bonds is 3. The van der Waals surface area contributed by atoms with E-state index in [0.717, 1.165) is 0 Å². The Morgan fingerprint density at radius 2 is 2.07 bits per heavy atom. The second kappa shape index (κ2) is 3.94. The number of nitrogens with zero attached hydrogens (tertiary/aromatic N) is 1. The number of imidazole rings is 1. The molecule has 6 heteroatoms. The highest BCUT2D eigenvalue weighted by Gasteiger charge is 2.26. The van der Waals surface area contributed by atoms with Crippen LogP contribution in [0.15, 0.2) is 17.6 Å². The third-order valence-corrected chi connectivity index (χ3v) is 3.86. The fourth-order valence-corrected chi connectivity index (χ4v) is 2.22. The summed E-state index contributed by atoms with van der Waals surface area (Å²) in [7, 11) is -3.47. The van der Waals surface area contributed by atoms with Crippen LogP contribution in [-0.2, 0) is 10.0 Å². The van der Waals surface area contributed by atoms with E-state index in [4.69, 9.17) is 0 Å². The van der Waals surface area contributed by atoms with E-state index in [2.05, 4.69) is 14.7 Å². The zero-order chi connectivity index (χ0) is 11.7. The van der Waals surface area contributed by atoms with Crippen molar-refractivity contribution in [3.8, 4) is 0 Å². The molecule has 0 spiro atoms. The van der Waals surface area contributed by atoms with Crippen LogP contribution >= 0.6 is 0 Å². The molecule has 0 radical (unpaired) electrons. The molecule has 0 amide bonds. The van der Waals surface area contributed by atoms with Gasteiger partial charge in [0.15, 0.2) is 5.03 Å². The van der Waals surface area contributed by atoms with Gasteiger partial charge < -0.3 is 4.98 Å². The van der Waals surface area contributed by atoms with E-state index in [1.807, 2.05) is 27.7 Å². The highest BCUT2D eigenvalue weighted by Crippen LogP contribution is 2.20. The smallest absolute Gasteiger partial charge is 0.257 e. The zero-order valence-electron chi connectivity index (χ0n) is 9.40. The molecule has 0 saturated heterocycles. The van der Waals surface area contributed by atoms with Crippen molar-refractivity contribution in [2.24, 2.45) is 5.41 Å². The minimum Gasteiger partial charge on any atom is -0.335 e. The fraction of sp³-hybridized carbons (Fsp3) is 0.667. The monoisotopic (exact) mass is 231 g/mol. The fourth-order valence-electron chi connectivity index (χ4n) is 0.863. The highest BCUT2D eigenvalue weighted by molar-refractivity contribution is 7.89. The standard InChI is InChI=1S/C9H17N3O2S/c1-7(9(2,3)4)12-15(13,14)8-5-10-6-11-8/h5-7,12H,1-4H3,(H,10,11). The molecule has 1 atom stereocenters. The minimum atomic E-state index is -3.47. The molecule has 0 aliphatic heterocycles. The molecule has 1 aromatic heterocycles. The summed E-state index contributed by atoms with van der Waals surface area (Å²) < 4.78 is 26.1. The van der Waals surface area contributed by atoms with Gasteiger partial charge in [-0.1, -0.05) is 20.8 Å². The first-order chi connectivity index (χ1) is 6.73. The Morgan fingerprint density at radius 1 is 1.47 bits per heavy atom. The Kier molecular flexibility index (Phi) is 3.20. The Morgan fingerprint density at radius 3 is 2.47 bits per heavy atom. The number of aromatic amines is 1. The molecule has 1 rings (SSSR count). The van der Waals surface area contributed by atoms with E-state index in [1.165, 1.54) is 12.5 Å². The van der Waals surface area contributed by atoms with Gasteiger partial charge in [-0.3, -0.25) is 0 Å². The van der Waals surface area contributed by atoms with Crippen molar-refractivity contribution in [2.45, 2.75) is 38.8 Å². The van der Waals surface area contributed by atoms with Crippen LogP contribution in [0.25, 0.3) is 0 Å². The quantitative estimate of drug-likeness (QED) is 0.818. The van der Waals surface area contributed by atoms with E-state index in [1.54, 1.807) is 0 Å². The SMILES string of the molecule is CC(NS(=O)(=O)c1cnc[nH]1)C(C)(C)C. The molecular weight excluding hydrogens is 214 g/mol. The highest BCUT2D eigenvalue weighted by atomic mass is 32.2. The van der Waals surface area contributed by atoms with Gasteiger partial charge in [-0.25, -0.2) is 18.1 Å². The van der Waals surface area contributed by atoms with Crippen molar-refractivity contribution in [3.63, 3.8) is 0 Å². The zero-order valence-corrected chi connectivity index (χ0v) is 10.2. The molecule has 1 unspecified atom stereocenters. The van der Waals surface area contributed by atoms with Crippen molar-refractivity contribution >= 4 is 10.0 Å². The second-order valence-corrected chi connectivity index (χ2v) is 6.31. The number of H-pyrrole nitrogens is 1. The van der Waals surface area contributed by atoms with Gasteiger partial charge in [0.25, 0.3) is 10.0 Å². The van der Waals surface area contributed by atoms with Crippen LogP contribution in [0, 0.1) is 5.41 Å². The molecule has 0 aromatic carbocycles. The van der Waals surface area contributed by atoms with Gasteiger partial charge in [0.1, 0.15) is 0 Å². The first kappa shape index (κ1) is 12.2. The number of hydrogen-bond donors (Lipinski definition) is 2. The van der Waals surface area contributed by atoms with Crippen molar-refractivity contribution < 1.29 is 8.42 Å². The average molecular weight is 231 g/mol. The lowest BCUT2D eigenvalue weighted by Gasteiger charge is -2.27. The van der Waals surface area contributed by atoms with Gasteiger partial charge in [-0.05, 0) is 12.3 Å². The lowest BCUT2D eigenvalue weighted by molar-refractivity contribution is 0.317. The van der Waals surface area contributed by atoms with Gasteiger partial charge >= 0.3 is 0 Å². The van der Waals surface area contributed by atoms with E-state index < -0.39 is 10.0 Å². The number of aromatic nitrogens is 2. The van der Waals surface area contributed by atoms with Crippen LogP contribution in [0.2, 0.25) is 0 Å². The van der Waals surface area contributed by atoms with E-state index in [-0.39, 0.29) is 16.5 Å². The van der Waals surface area contributed by atoms with Gasteiger partial charge in [0.2, 0.25) is 0 Å². The first-order valence-corrected chi connectivity index (χ1v) is 6.22. The normalized spacial score (nSPS) is 15.2. The average Bonchev–Trinajstić information content (AvgIpc) is 2.52. The maximum atomic E-state index is 11.8. The van der Waals surface area contributed by atoms with Gasteiger partial charge in [-0.2, -0.15) is 0 Å². The topological polar surface area (TPSA) is 74.8 Å². The van der Waals surface area contributed by atoms with E-state index >= 15 is 0 Å². The van der Waals surface area contributed by atoms with Crippen molar-refractivity contribution in [2.75, 3.05) is 0 Å². The minimum absolute atomic E-state index is 0.0959. The summed E-state index contributed by atoms with van der Waals surface area (Å²) in [6.07, 6.45) is 2.63. The van der Waals surface area contributed by atoms with Gasteiger partial charge in [0, 0.05) is 6.04 Å². The summed E-state index contributed by atoms with van der Waals surface area (Å²) in [6, 6.07) is -0.147. The maximum Gasteiger partial charge on any atom is 0.257 e. The molecule has 2 N–H and O–H groups in total. The number of hydrogen-bond acceptors (Lipinski definition) is 3. The molecule has 0 saturated carbocycles. The maximum absolute atomic E-state index is 11.8. The molecule has 0 bridgehead atoms. The Balaban J connectivity index is 2.84. The largest absolute Gasteiger partial charge is 0.335 e. The number of nitrogens with one attached hydrogen (secondary N) is 2. The molecule has 1 heterocycles. The Bertz CT molecular complexity index is 403. The van der Waals surface area contributed by atoms with Crippen LogP contribution in [-0.4, -0.2) is 24.4 Å². The van der Waals surface area contributed by atoms with Gasteiger partial charge in [0.05, 0.1) is 12.5 Å². The molecular formula is C9H17N3O2S. The second-order valence-electron chi connectivity index (χ2n) is 4.62. The molecule has 1 aromatic rings. The number of sulfonamides is 1. The molecule has 86 valence electrons. The Labute approximate surface area is 90.4 Å². The first-order valence-electron chi connectivity index (χ1n) is 4.74. The summed E-state index contributed by atoms with van der Waals surface area (Å²) in [5.74, 6) is 0. The van der Waals surface area contributed by atoms with Crippen molar-refractivity contribution in [3.05, 3.63) is 12.5 Å². The Hall–Kier alpha value is -0.880. The lowest BCUT2D eigenvalue weighted by Crippen LogP contribution is -2.41. The summed E-state index contributed by atoms with van der Waals surface area (Å²) >= 11 is 0.